The normalized spacial score (nSPS) is 11.8. The largest absolute Gasteiger partial charge is 0.395 e. The number of benzene rings is 2. The highest BCUT2D eigenvalue weighted by Gasteiger charge is 2.22. The van der Waals surface area contributed by atoms with E-state index in [4.69, 9.17) is 0 Å². The van der Waals surface area contributed by atoms with Crippen molar-refractivity contribution in [1.82, 2.24) is 29.9 Å². The number of hydrogen-bond acceptors (Lipinski definition) is 24. The Balaban J connectivity index is 1.74. The highest BCUT2D eigenvalue weighted by atomic mass is 32.2. The van der Waals surface area contributed by atoms with Crippen molar-refractivity contribution in [1.29, 1.82) is 0 Å². The predicted molar refractivity (Wildman–Crippen MR) is 233 cm³/mol. The lowest BCUT2D eigenvalue weighted by Crippen LogP contribution is -2.34. The molecule has 0 radical (unpaired) electrons. The molecule has 0 amide bonds. The average molecular weight is 941 g/mol. The number of aliphatic hydroxyl groups is 8. The maximum absolute atomic E-state index is 12.7. The quantitative estimate of drug-likeness (QED) is 0.0205. The Hall–Kier alpha value is -5.50. The highest BCUT2D eigenvalue weighted by molar-refractivity contribution is 7.86. The van der Waals surface area contributed by atoms with Gasteiger partial charge < -0.3 is 71.1 Å². The third-order valence-corrected chi connectivity index (χ3v) is 10.7. The van der Waals surface area contributed by atoms with Crippen LogP contribution in [0.2, 0.25) is 0 Å². The van der Waals surface area contributed by atoms with Crippen LogP contribution >= 0.6 is 0 Å². The van der Waals surface area contributed by atoms with Gasteiger partial charge in [-0.15, -0.1) is 0 Å². The first kappa shape index (κ1) is 51.1. The van der Waals surface area contributed by atoms with Crippen molar-refractivity contribution in [2.45, 2.75) is 9.79 Å². The van der Waals surface area contributed by atoms with E-state index >= 15 is 0 Å². The topological polar surface area (TPSA) is 385 Å². The molecule has 4 rings (SSSR count). The third-order valence-electron chi connectivity index (χ3n) is 8.85. The molecule has 0 unspecified atom stereocenters. The van der Waals surface area contributed by atoms with Crippen LogP contribution in [0.15, 0.2) is 46.2 Å². The lowest BCUT2D eigenvalue weighted by molar-refractivity contribution is 0.278. The van der Waals surface area contributed by atoms with E-state index in [1.54, 1.807) is 0 Å². The molecule has 2 heterocycles. The lowest BCUT2D eigenvalue weighted by atomic mass is 10.1. The van der Waals surface area contributed by atoms with E-state index in [9.17, 15) is 66.8 Å². The molecular formula is C36H52N12O14S2. The SMILES string of the molecule is O=S(=O)(O)c1cc(Nc2nc(N(CCO)CCO)nc(N(CCO)CCO)n2)ccc1C=Cc1ccc(Nc2nc(N(CCO)CCO)nc(N(CCO)CCO)n2)cc1S(=O)(=O)O. The summed E-state index contributed by atoms with van der Waals surface area (Å²) in [7, 11) is -9.94. The van der Waals surface area contributed by atoms with E-state index in [1.165, 1.54) is 56.0 Å². The Morgan fingerprint density at radius 1 is 0.422 bits per heavy atom. The minimum atomic E-state index is -4.97. The lowest BCUT2D eigenvalue weighted by Gasteiger charge is -2.25. The van der Waals surface area contributed by atoms with Gasteiger partial charge in [-0.05, 0) is 35.4 Å². The first-order chi connectivity index (χ1) is 30.6. The van der Waals surface area contributed by atoms with E-state index in [0.717, 1.165) is 12.1 Å². The van der Waals surface area contributed by atoms with Crippen molar-refractivity contribution in [3.05, 3.63) is 47.5 Å². The fraction of sp³-hybridized carbons (Fsp3) is 0.444. The molecule has 0 aliphatic heterocycles. The number of aromatic nitrogens is 6. The molecule has 2 aromatic heterocycles. The van der Waals surface area contributed by atoms with Crippen LogP contribution in [0.5, 0.6) is 0 Å². The van der Waals surface area contributed by atoms with Gasteiger partial charge in [0.2, 0.25) is 35.7 Å². The van der Waals surface area contributed by atoms with Crippen LogP contribution in [-0.2, 0) is 20.2 Å². The molecule has 0 spiro atoms. The number of aliphatic hydroxyl groups excluding tert-OH is 8. The van der Waals surface area contributed by atoms with Crippen LogP contribution in [-0.4, -0.2) is 202 Å². The molecule has 0 saturated heterocycles. The van der Waals surface area contributed by atoms with Gasteiger partial charge in [0.15, 0.2) is 0 Å². The third kappa shape index (κ3) is 14.5. The molecule has 26 nitrogen and oxygen atoms in total. The van der Waals surface area contributed by atoms with Crippen LogP contribution in [0.3, 0.4) is 0 Å². The van der Waals surface area contributed by atoms with E-state index in [1.807, 2.05) is 0 Å². The molecule has 4 aromatic rings. The summed E-state index contributed by atoms with van der Waals surface area (Å²) in [5.74, 6) is -0.402. The second kappa shape index (κ2) is 24.5. The predicted octanol–water partition coefficient (Wildman–Crippen LogP) is -2.63. The molecule has 64 heavy (non-hydrogen) atoms. The van der Waals surface area contributed by atoms with Gasteiger partial charge in [-0.1, -0.05) is 24.3 Å². The van der Waals surface area contributed by atoms with E-state index in [-0.39, 0.29) is 163 Å². The second-order valence-corrected chi connectivity index (χ2v) is 16.1. The van der Waals surface area contributed by atoms with Crippen molar-refractivity contribution in [3.8, 4) is 0 Å². The van der Waals surface area contributed by atoms with Crippen molar-refractivity contribution >= 4 is 79.5 Å². The zero-order valence-corrected chi connectivity index (χ0v) is 36.0. The van der Waals surface area contributed by atoms with E-state index in [0.29, 0.717) is 0 Å². The Labute approximate surface area is 368 Å². The molecule has 352 valence electrons. The van der Waals surface area contributed by atoms with Gasteiger partial charge in [-0.2, -0.15) is 46.7 Å². The van der Waals surface area contributed by atoms with Crippen LogP contribution in [0.1, 0.15) is 11.1 Å². The van der Waals surface area contributed by atoms with Gasteiger partial charge in [-0.3, -0.25) is 9.11 Å². The molecule has 0 bridgehead atoms. The Bertz CT molecular complexity index is 2130. The van der Waals surface area contributed by atoms with Crippen LogP contribution in [0.4, 0.5) is 47.1 Å². The smallest absolute Gasteiger partial charge is 0.295 e. The van der Waals surface area contributed by atoms with Gasteiger partial charge in [0.05, 0.1) is 52.9 Å². The standard InChI is InChI=1S/C36H52N12O14S2/c49-15-7-45(8-16-50)33-39-31(40-34(43-33)46(9-17-51)10-18-52)37-27-5-3-25(29(23-27)63(57,58)59)1-2-26-4-6-28(24-30(26)64(60,61)62)38-32-41-35(47(11-19-53)12-20-54)44-36(42-32)48(13-21-55)14-22-56/h1-6,23-24,49-56H,7-22H2,(H,57,58,59)(H,60,61,62)(H,37,39,40,43)(H,38,41,42,44). The molecule has 0 aliphatic carbocycles. The fourth-order valence-corrected chi connectivity index (χ4v) is 7.40. The maximum atomic E-state index is 12.7. The number of hydrogen-bond donors (Lipinski definition) is 12. The average Bonchev–Trinajstić information content (AvgIpc) is 3.25. The fourth-order valence-electron chi connectivity index (χ4n) is 5.98. The first-order valence-corrected chi connectivity index (χ1v) is 22.3. The zero-order valence-electron chi connectivity index (χ0n) is 34.3. The van der Waals surface area contributed by atoms with Gasteiger partial charge >= 0.3 is 0 Å². The first-order valence-electron chi connectivity index (χ1n) is 19.5. The van der Waals surface area contributed by atoms with Crippen molar-refractivity contribution in [2.75, 3.05) is 135 Å². The van der Waals surface area contributed by atoms with Gasteiger partial charge in [0, 0.05) is 63.7 Å². The Morgan fingerprint density at radius 3 is 0.891 bits per heavy atom. The molecule has 0 aliphatic rings. The van der Waals surface area contributed by atoms with E-state index in [2.05, 4.69) is 40.5 Å². The Morgan fingerprint density at radius 2 is 0.672 bits per heavy atom. The summed E-state index contributed by atoms with van der Waals surface area (Å²) in [6.07, 6.45) is 2.34. The summed E-state index contributed by atoms with van der Waals surface area (Å²) in [5.41, 5.74) is -0.188. The van der Waals surface area contributed by atoms with Gasteiger partial charge in [-0.25, -0.2) is 0 Å². The summed E-state index contributed by atoms with van der Waals surface area (Å²) >= 11 is 0. The highest BCUT2D eigenvalue weighted by Crippen LogP contribution is 2.29. The summed E-state index contributed by atoms with van der Waals surface area (Å²) in [6.45, 7) is -2.63. The molecule has 12 N–H and O–H groups in total. The maximum Gasteiger partial charge on any atom is 0.295 e. The summed E-state index contributed by atoms with van der Waals surface area (Å²) in [4.78, 5) is 30.5. The summed E-state index contributed by atoms with van der Waals surface area (Å²) in [6, 6.07) is 7.38. The number of nitrogens with one attached hydrogen (secondary N) is 2. The van der Waals surface area contributed by atoms with Crippen molar-refractivity contribution in [3.63, 3.8) is 0 Å². The minimum Gasteiger partial charge on any atom is -0.395 e. The number of nitrogens with zero attached hydrogens (tertiary/aromatic N) is 10. The number of anilines is 8. The molecule has 0 fully saturated rings. The summed E-state index contributed by atoms with van der Waals surface area (Å²) < 4.78 is 71.3. The monoisotopic (exact) mass is 940 g/mol. The molecular weight excluding hydrogens is 889 g/mol. The molecule has 28 heteroatoms. The summed E-state index contributed by atoms with van der Waals surface area (Å²) in [5, 5.41) is 82.4. The minimum absolute atomic E-state index is 0.00494. The number of rotatable bonds is 28. The van der Waals surface area contributed by atoms with E-state index < -0.39 is 30.0 Å². The molecule has 0 atom stereocenters. The molecule has 0 saturated carbocycles. The van der Waals surface area contributed by atoms with Crippen molar-refractivity contribution < 1.29 is 66.8 Å². The van der Waals surface area contributed by atoms with Crippen LogP contribution in [0, 0.1) is 0 Å². The van der Waals surface area contributed by atoms with Crippen LogP contribution in [0.25, 0.3) is 12.2 Å². The second-order valence-electron chi connectivity index (χ2n) is 13.3. The molecule has 2 aromatic carbocycles. The zero-order chi connectivity index (χ0) is 46.9. The Kier molecular flexibility index (Phi) is 19.6. The van der Waals surface area contributed by atoms with Crippen molar-refractivity contribution in [2.24, 2.45) is 0 Å². The van der Waals surface area contributed by atoms with Gasteiger partial charge in [0.25, 0.3) is 20.2 Å². The van der Waals surface area contributed by atoms with Gasteiger partial charge in [0.1, 0.15) is 9.79 Å². The van der Waals surface area contributed by atoms with Crippen LogP contribution < -0.4 is 30.2 Å².